The summed E-state index contributed by atoms with van der Waals surface area (Å²) in [6.45, 7) is 2.06. The first kappa shape index (κ1) is 14.8. The molecule has 1 saturated carbocycles. The average Bonchev–Trinajstić information content (AvgIpc) is 2.26. The lowest BCUT2D eigenvalue weighted by atomic mass is 9.85. The van der Waals surface area contributed by atoms with Crippen LogP contribution in [0.25, 0.3) is 0 Å². The molecule has 1 aliphatic rings. The fourth-order valence-electron chi connectivity index (χ4n) is 2.25. The highest BCUT2D eigenvalue weighted by atomic mass is 32.2. The summed E-state index contributed by atoms with van der Waals surface area (Å²) in [6, 6.07) is 0.159. The van der Waals surface area contributed by atoms with Crippen LogP contribution in [-0.2, 0) is 4.79 Å². The zero-order valence-corrected chi connectivity index (χ0v) is 11.6. The van der Waals surface area contributed by atoms with Crippen molar-refractivity contribution < 1.29 is 9.90 Å². The van der Waals surface area contributed by atoms with E-state index in [1.54, 1.807) is 18.7 Å². The first-order valence-corrected chi connectivity index (χ1v) is 7.58. The Hall–Kier alpha value is -0.260. The molecule has 1 rings (SSSR count). The highest BCUT2D eigenvalue weighted by molar-refractivity contribution is 7.98. The predicted molar refractivity (Wildman–Crippen MR) is 71.9 cm³/mol. The first-order valence-electron chi connectivity index (χ1n) is 6.19. The van der Waals surface area contributed by atoms with Gasteiger partial charge < -0.3 is 16.2 Å². The highest BCUT2D eigenvalue weighted by Crippen LogP contribution is 2.23. The zero-order valence-electron chi connectivity index (χ0n) is 10.7. The number of carbonyl (C=O) groups excluding carboxylic acids is 1. The Kier molecular flexibility index (Phi) is 5.76. The van der Waals surface area contributed by atoms with Crippen LogP contribution in [-0.4, -0.2) is 41.2 Å². The minimum absolute atomic E-state index is 0.0313. The standard InChI is InChI=1S/C12H24N2O2S/c1-12(16,8-17-2)7-14-11(15)9-4-3-5-10(13)6-9/h9-10,16H,3-8,13H2,1-2H3,(H,14,15). The third-order valence-electron chi connectivity index (χ3n) is 3.18. The van der Waals surface area contributed by atoms with Crippen LogP contribution >= 0.6 is 11.8 Å². The van der Waals surface area contributed by atoms with Crippen LogP contribution in [0.1, 0.15) is 32.6 Å². The topological polar surface area (TPSA) is 75.3 Å². The van der Waals surface area contributed by atoms with Gasteiger partial charge in [0.15, 0.2) is 0 Å². The molecule has 0 aromatic carbocycles. The Morgan fingerprint density at radius 1 is 1.59 bits per heavy atom. The van der Waals surface area contributed by atoms with Gasteiger partial charge in [0.1, 0.15) is 0 Å². The largest absolute Gasteiger partial charge is 0.387 e. The molecule has 0 heterocycles. The lowest BCUT2D eigenvalue weighted by Crippen LogP contribution is -2.45. The van der Waals surface area contributed by atoms with Gasteiger partial charge in [-0.1, -0.05) is 6.42 Å². The van der Waals surface area contributed by atoms with E-state index in [1.165, 1.54) is 0 Å². The van der Waals surface area contributed by atoms with E-state index < -0.39 is 5.60 Å². The van der Waals surface area contributed by atoms with Gasteiger partial charge in [0.05, 0.1) is 5.60 Å². The van der Waals surface area contributed by atoms with Crippen LogP contribution in [0.4, 0.5) is 0 Å². The second-order valence-electron chi connectivity index (χ2n) is 5.27. The zero-order chi connectivity index (χ0) is 12.9. The van der Waals surface area contributed by atoms with Crippen molar-refractivity contribution in [3.63, 3.8) is 0 Å². The molecule has 3 atom stereocenters. The van der Waals surface area contributed by atoms with Crippen molar-refractivity contribution in [3.8, 4) is 0 Å². The smallest absolute Gasteiger partial charge is 0.223 e. The van der Waals surface area contributed by atoms with E-state index in [0.29, 0.717) is 12.3 Å². The molecule has 0 aromatic heterocycles. The second-order valence-corrected chi connectivity index (χ2v) is 6.14. The van der Waals surface area contributed by atoms with E-state index in [-0.39, 0.29) is 17.9 Å². The van der Waals surface area contributed by atoms with E-state index in [9.17, 15) is 9.90 Å². The summed E-state index contributed by atoms with van der Waals surface area (Å²) in [5, 5.41) is 12.8. The van der Waals surface area contributed by atoms with Crippen LogP contribution in [0.2, 0.25) is 0 Å². The van der Waals surface area contributed by atoms with Crippen molar-refractivity contribution in [2.24, 2.45) is 11.7 Å². The van der Waals surface area contributed by atoms with Gasteiger partial charge in [0, 0.05) is 24.3 Å². The molecule has 1 amide bonds. The van der Waals surface area contributed by atoms with E-state index in [1.807, 2.05) is 6.26 Å². The average molecular weight is 260 g/mol. The fourth-order valence-corrected chi connectivity index (χ4v) is 2.97. The highest BCUT2D eigenvalue weighted by Gasteiger charge is 2.27. The molecule has 0 spiro atoms. The van der Waals surface area contributed by atoms with E-state index in [2.05, 4.69) is 5.32 Å². The summed E-state index contributed by atoms with van der Waals surface area (Å²) < 4.78 is 0. The fraction of sp³-hybridized carbons (Fsp3) is 0.917. The molecule has 0 aliphatic heterocycles. The summed E-state index contributed by atoms with van der Waals surface area (Å²) in [5.41, 5.74) is 5.03. The van der Waals surface area contributed by atoms with Crippen LogP contribution in [0.5, 0.6) is 0 Å². The van der Waals surface area contributed by atoms with Crippen molar-refractivity contribution in [1.82, 2.24) is 5.32 Å². The van der Waals surface area contributed by atoms with Gasteiger partial charge in [-0.25, -0.2) is 0 Å². The molecule has 17 heavy (non-hydrogen) atoms. The van der Waals surface area contributed by atoms with Gasteiger partial charge in [-0.15, -0.1) is 0 Å². The number of thioether (sulfide) groups is 1. The van der Waals surface area contributed by atoms with Crippen molar-refractivity contribution >= 4 is 17.7 Å². The molecule has 1 fully saturated rings. The van der Waals surface area contributed by atoms with E-state index in [4.69, 9.17) is 5.73 Å². The van der Waals surface area contributed by atoms with Crippen molar-refractivity contribution in [2.75, 3.05) is 18.6 Å². The lowest BCUT2D eigenvalue weighted by molar-refractivity contribution is -0.127. The van der Waals surface area contributed by atoms with Crippen LogP contribution in [0, 0.1) is 5.92 Å². The van der Waals surface area contributed by atoms with Crippen LogP contribution in [0.15, 0.2) is 0 Å². The quantitative estimate of drug-likeness (QED) is 0.681. The summed E-state index contributed by atoms with van der Waals surface area (Å²) in [7, 11) is 0. The molecular formula is C12H24N2O2S. The SMILES string of the molecule is CSCC(C)(O)CNC(=O)C1CCCC(N)C1. The molecule has 4 nitrogen and oxygen atoms in total. The molecule has 3 unspecified atom stereocenters. The monoisotopic (exact) mass is 260 g/mol. The molecule has 1 aliphatic carbocycles. The first-order chi connectivity index (χ1) is 7.94. The number of nitrogens with one attached hydrogen (secondary N) is 1. The lowest BCUT2D eigenvalue weighted by Gasteiger charge is -2.28. The Labute approximate surface area is 108 Å². The normalized spacial score (nSPS) is 28.5. The van der Waals surface area contributed by atoms with Gasteiger partial charge in [0.2, 0.25) is 5.91 Å². The Bertz CT molecular complexity index is 259. The van der Waals surface area contributed by atoms with Crippen molar-refractivity contribution in [3.05, 3.63) is 0 Å². The molecule has 100 valence electrons. The van der Waals surface area contributed by atoms with Crippen molar-refractivity contribution in [2.45, 2.75) is 44.2 Å². The third kappa shape index (κ3) is 5.27. The Morgan fingerprint density at radius 2 is 2.29 bits per heavy atom. The number of amides is 1. The Morgan fingerprint density at radius 3 is 2.88 bits per heavy atom. The molecule has 0 radical (unpaired) electrons. The van der Waals surface area contributed by atoms with E-state index in [0.717, 1.165) is 25.7 Å². The predicted octanol–water partition coefficient (Wildman–Crippen LogP) is 0.734. The summed E-state index contributed by atoms with van der Waals surface area (Å²) >= 11 is 1.57. The van der Waals surface area contributed by atoms with Crippen molar-refractivity contribution in [1.29, 1.82) is 0 Å². The number of carbonyl (C=O) groups is 1. The number of rotatable bonds is 5. The minimum Gasteiger partial charge on any atom is -0.387 e. The molecule has 0 saturated heterocycles. The second kappa shape index (κ2) is 6.61. The summed E-state index contributed by atoms with van der Waals surface area (Å²) in [6.07, 6.45) is 5.69. The van der Waals surface area contributed by atoms with Gasteiger partial charge in [-0.2, -0.15) is 11.8 Å². The number of hydrogen-bond acceptors (Lipinski definition) is 4. The minimum atomic E-state index is -0.828. The number of aliphatic hydroxyl groups is 1. The van der Waals surface area contributed by atoms with E-state index >= 15 is 0 Å². The number of nitrogens with two attached hydrogens (primary N) is 1. The molecule has 0 aromatic rings. The Balaban J connectivity index is 2.33. The third-order valence-corrected chi connectivity index (χ3v) is 4.09. The molecule has 5 heteroatoms. The molecule has 4 N–H and O–H groups in total. The molecular weight excluding hydrogens is 236 g/mol. The molecule has 0 bridgehead atoms. The van der Waals surface area contributed by atoms with Gasteiger partial charge in [-0.05, 0) is 32.4 Å². The van der Waals surface area contributed by atoms with Gasteiger partial charge in [0.25, 0.3) is 0 Å². The maximum atomic E-state index is 11.9. The van der Waals surface area contributed by atoms with Gasteiger partial charge in [-0.3, -0.25) is 4.79 Å². The van der Waals surface area contributed by atoms with Gasteiger partial charge >= 0.3 is 0 Å². The van der Waals surface area contributed by atoms with Crippen LogP contribution < -0.4 is 11.1 Å². The summed E-state index contributed by atoms with van der Waals surface area (Å²) in [4.78, 5) is 11.9. The number of hydrogen-bond donors (Lipinski definition) is 3. The van der Waals surface area contributed by atoms with Crippen LogP contribution in [0.3, 0.4) is 0 Å². The summed E-state index contributed by atoms with van der Waals surface area (Å²) in [5.74, 6) is 0.697. The maximum Gasteiger partial charge on any atom is 0.223 e. The maximum absolute atomic E-state index is 11.9.